The zero-order valence-electron chi connectivity index (χ0n) is 5.97. The molecule has 0 bridgehead atoms. The van der Waals surface area contributed by atoms with Crippen molar-refractivity contribution in [1.29, 1.82) is 5.53 Å². The fourth-order valence-corrected chi connectivity index (χ4v) is 1.07. The molecule has 11 heavy (non-hydrogen) atoms. The number of nitrogens with zero attached hydrogens (tertiary/aromatic N) is 1. The fourth-order valence-electron chi connectivity index (χ4n) is 0.847. The highest BCUT2D eigenvalue weighted by Gasteiger charge is 2.05. The van der Waals surface area contributed by atoms with Crippen LogP contribution in [0.3, 0.4) is 0 Å². The first-order chi connectivity index (χ1) is 5.11. The van der Waals surface area contributed by atoms with Gasteiger partial charge >= 0.3 is 0 Å². The van der Waals surface area contributed by atoms with Gasteiger partial charge in [-0.1, -0.05) is 16.5 Å². The van der Waals surface area contributed by atoms with E-state index in [4.69, 9.17) is 17.1 Å². The van der Waals surface area contributed by atoms with Gasteiger partial charge in [0.2, 0.25) is 5.69 Å². The third-order valence-corrected chi connectivity index (χ3v) is 1.61. The molecule has 0 aromatic heterocycles. The minimum absolute atomic E-state index is 0.0751. The summed E-state index contributed by atoms with van der Waals surface area (Å²) in [6.07, 6.45) is 0. The van der Waals surface area contributed by atoms with Gasteiger partial charge in [-0.25, -0.2) is 0 Å². The fraction of sp³-hybridized carbons (Fsp3) is 0.143. The monoisotopic (exact) mass is 170 g/mol. The zero-order chi connectivity index (χ0) is 8.43. The van der Waals surface area contributed by atoms with Crippen LogP contribution < -0.4 is 0 Å². The molecule has 0 saturated carbocycles. The Labute approximate surface area is 69.3 Å². The van der Waals surface area contributed by atoms with E-state index in [2.05, 4.69) is 0 Å². The highest BCUT2D eigenvalue weighted by molar-refractivity contribution is 6.30. The van der Waals surface area contributed by atoms with E-state index in [9.17, 15) is 5.21 Å². The first-order valence-electron chi connectivity index (χ1n) is 3.06. The van der Waals surface area contributed by atoms with Crippen molar-refractivity contribution in [3.05, 3.63) is 34.0 Å². The number of hydrogen-bond donors (Lipinski definition) is 1. The first-order valence-corrected chi connectivity index (χ1v) is 3.43. The summed E-state index contributed by atoms with van der Waals surface area (Å²) in [5.74, 6) is 0. The third-order valence-electron chi connectivity index (χ3n) is 1.38. The average molecular weight is 171 g/mol. The quantitative estimate of drug-likeness (QED) is 0.393. The van der Waals surface area contributed by atoms with E-state index in [1.54, 1.807) is 19.1 Å². The van der Waals surface area contributed by atoms with Gasteiger partial charge in [-0.05, 0) is 24.6 Å². The Morgan fingerprint density at radius 3 is 2.64 bits per heavy atom. The van der Waals surface area contributed by atoms with Gasteiger partial charge in [-0.15, -0.1) is 0 Å². The van der Waals surface area contributed by atoms with E-state index in [1.165, 1.54) is 6.07 Å². The van der Waals surface area contributed by atoms with Crippen molar-refractivity contribution < 1.29 is 4.86 Å². The van der Waals surface area contributed by atoms with Crippen LogP contribution in [0, 0.1) is 17.7 Å². The lowest BCUT2D eigenvalue weighted by Crippen LogP contribution is -1.89. The number of benzene rings is 1. The molecule has 0 aliphatic rings. The number of hydrogen-bond acceptors (Lipinski definition) is 2. The number of rotatable bonds is 1. The summed E-state index contributed by atoms with van der Waals surface area (Å²) < 4.78 is 0. The summed E-state index contributed by atoms with van der Waals surface area (Å²) in [4.78, 5) is 0.0751. The smallest absolute Gasteiger partial charge is 0.247 e. The van der Waals surface area contributed by atoms with Gasteiger partial charge in [-0.2, -0.15) is 0 Å². The van der Waals surface area contributed by atoms with E-state index in [1.807, 2.05) is 0 Å². The van der Waals surface area contributed by atoms with E-state index in [0.717, 1.165) is 0 Å². The summed E-state index contributed by atoms with van der Waals surface area (Å²) in [5.41, 5.74) is 7.80. The third kappa shape index (κ3) is 1.68. The molecule has 58 valence electrons. The van der Waals surface area contributed by atoms with Crippen LogP contribution in [0.4, 0.5) is 5.69 Å². The molecule has 0 aliphatic heterocycles. The Balaban J connectivity index is 3.20. The van der Waals surface area contributed by atoms with Crippen molar-refractivity contribution in [3.63, 3.8) is 0 Å². The average Bonchev–Trinajstić information content (AvgIpc) is 1.85. The lowest BCUT2D eigenvalue weighted by atomic mass is 10.2. The lowest BCUT2D eigenvalue weighted by molar-refractivity contribution is -0.466. The second kappa shape index (κ2) is 2.88. The predicted octanol–water partition coefficient (Wildman–Crippen LogP) is 2.82. The van der Waals surface area contributed by atoms with Gasteiger partial charge in [-0.3, -0.25) is 0 Å². The Morgan fingerprint density at radius 1 is 1.55 bits per heavy atom. The summed E-state index contributed by atoms with van der Waals surface area (Å²) in [7, 11) is 0. The molecule has 0 spiro atoms. The van der Waals surface area contributed by atoms with Crippen LogP contribution in [-0.4, -0.2) is 4.86 Å². The summed E-state index contributed by atoms with van der Waals surface area (Å²) >= 11 is 5.64. The van der Waals surface area contributed by atoms with Crippen molar-refractivity contribution in [2.24, 2.45) is 0 Å². The van der Waals surface area contributed by atoms with Gasteiger partial charge in [0, 0.05) is 16.7 Å². The van der Waals surface area contributed by atoms with Gasteiger partial charge < -0.3 is 5.21 Å². The Hall–Kier alpha value is -1.09. The van der Waals surface area contributed by atoms with Crippen molar-refractivity contribution in [3.8, 4) is 0 Å². The Kier molecular flexibility index (Phi) is 2.10. The maximum atomic E-state index is 10.5. The van der Waals surface area contributed by atoms with Crippen LogP contribution in [-0.2, 0) is 0 Å². The molecule has 1 aromatic carbocycles. The van der Waals surface area contributed by atoms with Crippen LogP contribution in [0.15, 0.2) is 18.2 Å². The van der Waals surface area contributed by atoms with Crippen molar-refractivity contribution in [1.82, 2.24) is 0 Å². The van der Waals surface area contributed by atoms with Crippen molar-refractivity contribution in [2.45, 2.75) is 6.92 Å². The second-order valence-electron chi connectivity index (χ2n) is 2.23. The topological polar surface area (TPSA) is 49.9 Å². The minimum atomic E-state index is 0.0751. The molecule has 1 N–H and O–H groups in total. The maximum Gasteiger partial charge on any atom is 0.247 e. The zero-order valence-corrected chi connectivity index (χ0v) is 6.72. The van der Waals surface area contributed by atoms with Gasteiger partial charge in [0.1, 0.15) is 0 Å². The molecule has 0 radical (unpaired) electrons. The van der Waals surface area contributed by atoms with Gasteiger partial charge in [0.05, 0.1) is 0 Å². The van der Waals surface area contributed by atoms with E-state index in [-0.39, 0.29) is 4.86 Å². The molecule has 4 heteroatoms. The molecule has 0 heterocycles. The Morgan fingerprint density at radius 2 is 2.18 bits per heavy atom. The molecule has 0 unspecified atom stereocenters. The number of nitrogens with one attached hydrogen (secondary N) is 1. The van der Waals surface area contributed by atoms with Gasteiger partial charge in [0.25, 0.3) is 0 Å². The van der Waals surface area contributed by atoms with Crippen molar-refractivity contribution in [2.75, 3.05) is 0 Å². The van der Waals surface area contributed by atoms with E-state index < -0.39 is 0 Å². The molecular formula is C7H7ClN2O. The normalized spacial score (nSPS) is 9.64. The first kappa shape index (κ1) is 8.01. The van der Waals surface area contributed by atoms with Crippen LogP contribution >= 0.6 is 11.6 Å². The predicted molar refractivity (Wildman–Crippen MR) is 42.2 cm³/mol. The molecule has 1 rings (SSSR count). The largest absolute Gasteiger partial charge is 0.594 e. The van der Waals surface area contributed by atoms with Crippen molar-refractivity contribution >= 4 is 17.3 Å². The van der Waals surface area contributed by atoms with Gasteiger partial charge in [0.15, 0.2) is 0 Å². The van der Waals surface area contributed by atoms with E-state index >= 15 is 0 Å². The SMILES string of the molecule is Cc1cc(Cl)ccc1[N+](=N)[O-]. The van der Waals surface area contributed by atoms with Crippen LogP contribution in [0.1, 0.15) is 5.56 Å². The highest BCUT2D eigenvalue weighted by atomic mass is 35.5. The number of aryl methyl sites for hydroxylation is 1. The molecular weight excluding hydrogens is 164 g/mol. The molecule has 0 atom stereocenters. The summed E-state index contributed by atoms with van der Waals surface area (Å²) in [5, 5.41) is 11.1. The number of halogens is 1. The van der Waals surface area contributed by atoms with Crippen LogP contribution in [0.5, 0.6) is 0 Å². The maximum absolute atomic E-state index is 10.5. The summed E-state index contributed by atoms with van der Waals surface area (Å²) in [6, 6.07) is 4.76. The second-order valence-corrected chi connectivity index (χ2v) is 2.66. The molecule has 0 aliphatic carbocycles. The molecule has 1 aromatic rings. The Bertz CT molecular complexity index is 298. The van der Waals surface area contributed by atoms with Crippen LogP contribution in [0.2, 0.25) is 5.02 Å². The highest BCUT2D eigenvalue weighted by Crippen LogP contribution is 2.20. The summed E-state index contributed by atoms with van der Waals surface area (Å²) in [6.45, 7) is 1.74. The standard InChI is InChI=1S/C7H7ClN2O/c1-5-4-6(8)2-3-7(5)10(9)11/h2-4,9H,1H3. The molecule has 0 saturated heterocycles. The lowest BCUT2D eigenvalue weighted by Gasteiger charge is -1.99. The molecule has 0 fully saturated rings. The molecule has 0 amide bonds. The van der Waals surface area contributed by atoms with E-state index in [0.29, 0.717) is 16.3 Å². The molecule has 3 nitrogen and oxygen atoms in total. The van der Waals surface area contributed by atoms with Crippen LogP contribution in [0.25, 0.3) is 0 Å². The minimum Gasteiger partial charge on any atom is -0.594 e.